The molecule has 0 radical (unpaired) electrons. The van der Waals surface area contributed by atoms with E-state index in [0.29, 0.717) is 13.1 Å². The second-order valence-electron chi connectivity index (χ2n) is 4.22. The zero-order valence-electron chi connectivity index (χ0n) is 10.3. The number of hydrogen-bond donors (Lipinski definition) is 1. The van der Waals surface area contributed by atoms with E-state index in [1.807, 2.05) is 34.9 Å². The Bertz CT molecular complexity index is 548. The van der Waals surface area contributed by atoms with Crippen LogP contribution >= 0.6 is 0 Å². The van der Waals surface area contributed by atoms with Crippen LogP contribution in [0.4, 0.5) is 13.2 Å². The Morgan fingerprint density at radius 3 is 2.63 bits per heavy atom. The van der Waals surface area contributed by atoms with Gasteiger partial charge >= 0.3 is 6.18 Å². The molecular weight excluding hydrogens is 257 g/mol. The minimum atomic E-state index is -4.28. The zero-order chi connectivity index (χ0) is 13.9. The van der Waals surface area contributed by atoms with Gasteiger partial charge in [0.05, 0.1) is 6.61 Å². The Kier molecular flexibility index (Phi) is 4.11. The van der Waals surface area contributed by atoms with Crippen LogP contribution in [0.3, 0.4) is 0 Å². The van der Waals surface area contributed by atoms with Gasteiger partial charge in [-0.05, 0) is 17.5 Å². The maximum Gasteiger partial charge on any atom is 0.411 e. The largest absolute Gasteiger partial charge is 0.411 e. The van der Waals surface area contributed by atoms with Gasteiger partial charge in [0.1, 0.15) is 6.61 Å². The van der Waals surface area contributed by atoms with Gasteiger partial charge in [-0.1, -0.05) is 18.2 Å². The molecule has 2 N–H and O–H groups in total. The van der Waals surface area contributed by atoms with Gasteiger partial charge in [0.15, 0.2) is 0 Å². The Morgan fingerprint density at radius 2 is 1.95 bits per heavy atom. The molecule has 19 heavy (non-hydrogen) atoms. The van der Waals surface area contributed by atoms with Crippen molar-refractivity contribution in [2.75, 3.05) is 13.2 Å². The number of aromatic nitrogens is 1. The average Bonchev–Trinajstić information content (AvgIpc) is 2.71. The fourth-order valence-electron chi connectivity index (χ4n) is 2.04. The molecule has 0 bridgehead atoms. The quantitative estimate of drug-likeness (QED) is 0.850. The summed E-state index contributed by atoms with van der Waals surface area (Å²) in [5.74, 6) is 0. The smallest absolute Gasteiger partial charge is 0.370 e. The fourth-order valence-corrected chi connectivity index (χ4v) is 2.04. The molecule has 2 rings (SSSR count). The van der Waals surface area contributed by atoms with Crippen LogP contribution in [0.25, 0.3) is 10.9 Å². The number of nitrogens with two attached hydrogens (primary N) is 1. The van der Waals surface area contributed by atoms with E-state index in [2.05, 4.69) is 4.74 Å². The lowest BCUT2D eigenvalue weighted by Gasteiger charge is -2.11. The minimum absolute atomic E-state index is 0.00514. The molecule has 0 saturated carbocycles. The van der Waals surface area contributed by atoms with Gasteiger partial charge in [0, 0.05) is 24.3 Å². The van der Waals surface area contributed by atoms with Crippen LogP contribution in [-0.2, 0) is 17.8 Å². The number of benzene rings is 1. The van der Waals surface area contributed by atoms with Crippen LogP contribution in [0.1, 0.15) is 5.69 Å². The summed E-state index contributed by atoms with van der Waals surface area (Å²) in [7, 11) is 0. The maximum absolute atomic E-state index is 12.0. The van der Waals surface area contributed by atoms with E-state index >= 15 is 0 Å². The van der Waals surface area contributed by atoms with Crippen molar-refractivity contribution in [2.24, 2.45) is 5.73 Å². The molecule has 0 aliphatic carbocycles. The Labute approximate surface area is 108 Å². The topological polar surface area (TPSA) is 40.2 Å². The standard InChI is InChI=1S/C13H15F3N2O/c14-13(15,16)9-19-6-5-18-11(8-17)7-10-3-1-2-4-12(10)18/h1-4,7H,5-6,8-9,17H2. The van der Waals surface area contributed by atoms with Gasteiger partial charge in [0.25, 0.3) is 0 Å². The van der Waals surface area contributed by atoms with Crippen molar-refractivity contribution >= 4 is 10.9 Å². The van der Waals surface area contributed by atoms with E-state index < -0.39 is 12.8 Å². The summed E-state index contributed by atoms with van der Waals surface area (Å²) in [5, 5.41) is 1.03. The minimum Gasteiger partial charge on any atom is -0.370 e. The van der Waals surface area contributed by atoms with Crippen molar-refractivity contribution in [3.63, 3.8) is 0 Å². The average molecular weight is 272 g/mol. The van der Waals surface area contributed by atoms with Crippen molar-refractivity contribution in [1.29, 1.82) is 0 Å². The molecule has 0 fully saturated rings. The molecule has 3 nitrogen and oxygen atoms in total. The van der Waals surface area contributed by atoms with E-state index in [1.165, 1.54) is 0 Å². The monoisotopic (exact) mass is 272 g/mol. The molecule has 1 heterocycles. The number of halogens is 3. The van der Waals surface area contributed by atoms with Crippen molar-refractivity contribution in [3.05, 3.63) is 36.0 Å². The van der Waals surface area contributed by atoms with Crippen molar-refractivity contribution in [1.82, 2.24) is 4.57 Å². The van der Waals surface area contributed by atoms with Gasteiger partial charge in [-0.3, -0.25) is 0 Å². The first-order valence-corrected chi connectivity index (χ1v) is 5.93. The molecule has 0 spiro atoms. The van der Waals surface area contributed by atoms with E-state index in [1.54, 1.807) is 0 Å². The van der Waals surface area contributed by atoms with E-state index in [-0.39, 0.29) is 6.61 Å². The molecule has 6 heteroatoms. The summed E-state index contributed by atoms with van der Waals surface area (Å²) in [4.78, 5) is 0. The van der Waals surface area contributed by atoms with Crippen LogP contribution < -0.4 is 5.73 Å². The van der Waals surface area contributed by atoms with Crippen LogP contribution in [0.2, 0.25) is 0 Å². The predicted octanol–water partition coefficient (Wildman–Crippen LogP) is 2.68. The van der Waals surface area contributed by atoms with Crippen molar-refractivity contribution in [2.45, 2.75) is 19.3 Å². The fraction of sp³-hybridized carbons (Fsp3) is 0.385. The molecule has 1 aromatic heterocycles. The van der Waals surface area contributed by atoms with Crippen molar-refractivity contribution in [3.8, 4) is 0 Å². The van der Waals surface area contributed by atoms with Crippen LogP contribution in [0, 0.1) is 0 Å². The summed E-state index contributed by atoms with van der Waals surface area (Å²) in [6.07, 6.45) is -4.28. The lowest BCUT2D eigenvalue weighted by molar-refractivity contribution is -0.174. The molecule has 1 aromatic carbocycles. The molecule has 0 unspecified atom stereocenters. The van der Waals surface area contributed by atoms with Gasteiger partial charge in [-0.15, -0.1) is 0 Å². The number of nitrogens with zero attached hydrogens (tertiary/aromatic N) is 1. The number of para-hydroxylation sites is 1. The highest BCUT2D eigenvalue weighted by atomic mass is 19.4. The molecular formula is C13H15F3N2O. The Balaban J connectivity index is 2.07. The second kappa shape index (κ2) is 5.63. The SMILES string of the molecule is NCc1cc2ccccc2n1CCOCC(F)(F)F. The van der Waals surface area contributed by atoms with Gasteiger partial charge < -0.3 is 15.0 Å². The zero-order valence-corrected chi connectivity index (χ0v) is 10.3. The molecule has 0 amide bonds. The van der Waals surface area contributed by atoms with Crippen LogP contribution in [-0.4, -0.2) is 24.0 Å². The lowest BCUT2D eigenvalue weighted by atomic mass is 10.2. The second-order valence-corrected chi connectivity index (χ2v) is 4.22. The van der Waals surface area contributed by atoms with Gasteiger partial charge in [-0.2, -0.15) is 13.2 Å². The number of ether oxygens (including phenoxy) is 1. The number of alkyl halides is 3. The van der Waals surface area contributed by atoms with Crippen LogP contribution in [0.5, 0.6) is 0 Å². The Hall–Kier alpha value is -1.53. The van der Waals surface area contributed by atoms with E-state index in [0.717, 1.165) is 16.6 Å². The molecule has 104 valence electrons. The first-order chi connectivity index (χ1) is 9.01. The summed E-state index contributed by atoms with van der Waals surface area (Å²) in [5.41, 5.74) is 7.49. The van der Waals surface area contributed by atoms with Crippen LogP contribution in [0.15, 0.2) is 30.3 Å². The lowest BCUT2D eigenvalue weighted by Crippen LogP contribution is -2.19. The summed E-state index contributed by atoms with van der Waals surface area (Å²) in [6, 6.07) is 9.60. The summed E-state index contributed by atoms with van der Waals surface area (Å²) < 4.78 is 42.4. The third kappa shape index (κ3) is 3.48. The normalized spacial score (nSPS) is 12.2. The highest BCUT2D eigenvalue weighted by Crippen LogP contribution is 2.20. The van der Waals surface area contributed by atoms with E-state index in [4.69, 9.17) is 5.73 Å². The Morgan fingerprint density at radius 1 is 1.21 bits per heavy atom. The first-order valence-electron chi connectivity index (χ1n) is 5.93. The first kappa shape index (κ1) is 13.9. The molecule has 2 aromatic rings. The van der Waals surface area contributed by atoms with E-state index in [9.17, 15) is 13.2 Å². The van der Waals surface area contributed by atoms with Gasteiger partial charge in [0.2, 0.25) is 0 Å². The third-order valence-corrected chi connectivity index (χ3v) is 2.83. The molecule has 0 aliphatic heterocycles. The highest BCUT2D eigenvalue weighted by molar-refractivity contribution is 5.81. The number of fused-ring (bicyclic) bond motifs is 1. The summed E-state index contributed by atoms with van der Waals surface area (Å²) >= 11 is 0. The molecule has 0 aliphatic rings. The summed E-state index contributed by atoms with van der Waals surface area (Å²) in [6.45, 7) is -0.514. The molecule has 0 atom stereocenters. The van der Waals surface area contributed by atoms with Crippen molar-refractivity contribution < 1.29 is 17.9 Å². The molecule has 0 saturated heterocycles. The van der Waals surface area contributed by atoms with Gasteiger partial charge in [-0.25, -0.2) is 0 Å². The number of hydrogen-bond acceptors (Lipinski definition) is 2. The maximum atomic E-state index is 12.0. The predicted molar refractivity (Wildman–Crippen MR) is 66.7 cm³/mol. The third-order valence-electron chi connectivity index (χ3n) is 2.83. The highest BCUT2D eigenvalue weighted by Gasteiger charge is 2.27. The number of rotatable bonds is 5.